The summed E-state index contributed by atoms with van der Waals surface area (Å²) in [6.07, 6.45) is 4.11. The van der Waals surface area contributed by atoms with Crippen molar-refractivity contribution in [1.29, 1.82) is 0 Å². The lowest BCUT2D eigenvalue weighted by Crippen LogP contribution is -2.11. The van der Waals surface area contributed by atoms with Crippen LogP contribution in [0.15, 0.2) is 42.2 Å². The highest BCUT2D eigenvalue weighted by Gasteiger charge is 2.06. The minimum absolute atomic E-state index is 0.902. The van der Waals surface area contributed by atoms with Gasteiger partial charge in [-0.3, -0.25) is 4.98 Å². The Hall–Kier alpha value is -1.65. The van der Waals surface area contributed by atoms with E-state index in [0.29, 0.717) is 0 Å². The first-order valence-corrected chi connectivity index (χ1v) is 7.41. The van der Waals surface area contributed by atoms with Gasteiger partial charge in [0.1, 0.15) is 0 Å². The second-order valence-corrected chi connectivity index (χ2v) is 5.51. The molecule has 1 aromatic carbocycles. The molecule has 0 fully saturated rings. The molecule has 19 heavy (non-hydrogen) atoms. The standard InChI is InChI=1S/C15H17N3S/c1-2-16-8-12-4-3-5-15-14(12)6-7-18(15)10-13-9-17-11-19-13/h3-7,9,11,16H,2,8,10H2,1H3. The van der Waals surface area contributed by atoms with Gasteiger partial charge in [0.15, 0.2) is 0 Å². The van der Waals surface area contributed by atoms with E-state index in [0.717, 1.165) is 19.6 Å². The van der Waals surface area contributed by atoms with E-state index >= 15 is 0 Å². The van der Waals surface area contributed by atoms with Crippen LogP contribution >= 0.6 is 11.3 Å². The van der Waals surface area contributed by atoms with Gasteiger partial charge in [0.25, 0.3) is 0 Å². The average molecular weight is 271 g/mol. The number of thiazole rings is 1. The number of aromatic nitrogens is 2. The summed E-state index contributed by atoms with van der Waals surface area (Å²) < 4.78 is 2.29. The second kappa shape index (κ2) is 5.55. The molecular weight excluding hydrogens is 254 g/mol. The number of hydrogen-bond acceptors (Lipinski definition) is 3. The average Bonchev–Trinajstić information content (AvgIpc) is 3.07. The van der Waals surface area contributed by atoms with Gasteiger partial charge in [0.2, 0.25) is 0 Å². The van der Waals surface area contributed by atoms with Gasteiger partial charge in [-0.2, -0.15) is 0 Å². The number of benzene rings is 1. The molecule has 0 aliphatic heterocycles. The molecule has 2 heterocycles. The van der Waals surface area contributed by atoms with Crippen LogP contribution in [0.3, 0.4) is 0 Å². The van der Waals surface area contributed by atoms with Crippen LogP contribution in [-0.2, 0) is 13.1 Å². The Balaban J connectivity index is 1.94. The largest absolute Gasteiger partial charge is 0.342 e. The molecule has 0 saturated carbocycles. The highest BCUT2D eigenvalue weighted by atomic mass is 32.1. The summed E-state index contributed by atoms with van der Waals surface area (Å²) in [5.41, 5.74) is 4.55. The molecule has 0 atom stereocenters. The third-order valence-corrected chi connectivity index (χ3v) is 4.04. The van der Waals surface area contributed by atoms with E-state index in [4.69, 9.17) is 0 Å². The van der Waals surface area contributed by atoms with Crippen molar-refractivity contribution in [3.63, 3.8) is 0 Å². The molecule has 0 bridgehead atoms. The summed E-state index contributed by atoms with van der Waals surface area (Å²) in [7, 11) is 0. The monoisotopic (exact) mass is 271 g/mol. The predicted molar refractivity (Wildman–Crippen MR) is 80.5 cm³/mol. The van der Waals surface area contributed by atoms with Gasteiger partial charge in [0.05, 0.1) is 12.1 Å². The molecule has 98 valence electrons. The first-order valence-electron chi connectivity index (χ1n) is 6.53. The van der Waals surface area contributed by atoms with Gasteiger partial charge in [-0.15, -0.1) is 11.3 Å². The van der Waals surface area contributed by atoms with Gasteiger partial charge < -0.3 is 9.88 Å². The first-order chi connectivity index (χ1) is 9.38. The van der Waals surface area contributed by atoms with Gasteiger partial charge in [-0.1, -0.05) is 19.1 Å². The van der Waals surface area contributed by atoms with Crippen LogP contribution < -0.4 is 5.32 Å². The molecule has 0 radical (unpaired) electrons. The number of nitrogens with one attached hydrogen (secondary N) is 1. The van der Waals surface area contributed by atoms with Crippen molar-refractivity contribution < 1.29 is 0 Å². The fourth-order valence-corrected chi connectivity index (χ4v) is 2.92. The maximum Gasteiger partial charge on any atom is 0.0794 e. The Morgan fingerprint density at radius 2 is 2.26 bits per heavy atom. The Morgan fingerprint density at radius 1 is 1.32 bits per heavy atom. The molecule has 3 rings (SSSR count). The molecule has 0 unspecified atom stereocenters. The third kappa shape index (κ3) is 2.55. The van der Waals surface area contributed by atoms with Crippen molar-refractivity contribution in [2.24, 2.45) is 0 Å². The zero-order chi connectivity index (χ0) is 13.1. The predicted octanol–water partition coefficient (Wildman–Crippen LogP) is 3.26. The van der Waals surface area contributed by atoms with E-state index in [9.17, 15) is 0 Å². The van der Waals surface area contributed by atoms with Gasteiger partial charge >= 0.3 is 0 Å². The van der Waals surface area contributed by atoms with Crippen molar-refractivity contribution in [3.05, 3.63) is 52.6 Å². The molecular formula is C15H17N3S. The summed E-state index contributed by atoms with van der Waals surface area (Å²) in [6.45, 7) is 4.96. The van der Waals surface area contributed by atoms with Crippen molar-refractivity contribution in [2.75, 3.05) is 6.54 Å². The number of hydrogen-bond donors (Lipinski definition) is 1. The quantitative estimate of drug-likeness (QED) is 0.772. The molecule has 4 heteroatoms. The van der Waals surface area contributed by atoms with E-state index < -0.39 is 0 Å². The van der Waals surface area contributed by atoms with Crippen molar-refractivity contribution in [2.45, 2.75) is 20.0 Å². The van der Waals surface area contributed by atoms with E-state index in [2.05, 4.69) is 52.3 Å². The Bertz CT molecular complexity index is 655. The molecule has 0 aliphatic rings. The molecule has 0 amide bonds. The topological polar surface area (TPSA) is 29.9 Å². The van der Waals surface area contributed by atoms with Crippen LogP contribution in [0.2, 0.25) is 0 Å². The molecule has 3 nitrogen and oxygen atoms in total. The SMILES string of the molecule is CCNCc1cccc2c1ccn2Cc1cncs1. The second-order valence-electron chi connectivity index (χ2n) is 4.54. The maximum absolute atomic E-state index is 4.14. The molecule has 0 spiro atoms. The molecule has 0 aliphatic carbocycles. The Kier molecular flexibility index (Phi) is 3.62. The summed E-state index contributed by atoms with van der Waals surface area (Å²) in [6, 6.07) is 8.73. The van der Waals surface area contributed by atoms with Crippen molar-refractivity contribution in [3.8, 4) is 0 Å². The third-order valence-electron chi connectivity index (χ3n) is 3.28. The molecule has 3 aromatic rings. The van der Waals surface area contributed by atoms with Crippen LogP contribution in [0.4, 0.5) is 0 Å². The first kappa shape index (κ1) is 12.4. The van der Waals surface area contributed by atoms with Crippen LogP contribution in [-0.4, -0.2) is 16.1 Å². The van der Waals surface area contributed by atoms with Crippen LogP contribution in [0, 0.1) is 0 Å². The fourth-order valence-electron chi connectivity index (χ4n) is 2.33. The zero-order valence-corrected chi connectivity index (χ0v) is 11.8. The van der Waals surface area contributed by atoms with E-state index in [-0.39, 0.29) is 0 Å². The number of fused-ring (bicyclic) bond motifs is 1. The highest BCUT2D eigenvalue weighted by Crippen LogP contribution is 2.22. The van der Waals surface area contributed by atoms with Crippen molar-refractivity contribution in [1.82, 2.24) is 14.9 Å². The highest BCUT2D eigenvalue weighted by molar-refractivity contribution is 7.09. The van der Waals surface area contributed by atoms with Gasteiger partial charge in [-0.05, 0) is 24.2 Å². The summed E-state index contributed by atoms with van der Waals surface area (Å²) in [5, 5.41) is 4.74. The van der Waals surface area contributed by atoms with Gasteiger partial charge in [0, 0.05) is 34.7 Å². The minimum atomic E-state index is 0.902. The van der Waals surface area contributed by atoms with E-state index in [1.54, 1.807) is 11.3 Å². The summed E-state index contributed by atoms with van der Waals surface area (Å²) in [4.78, 5) is 5.42. The normalized spacial score (nSPS) is 11.2. The smallest absolute Gasteiger partial charge is 0.0794 e. The lowest BCUT2D eigenvalue weighted by atomic mass is 10.1. The number of nitrogens with zero attached hydrogens (tertiary/aromatic N) is 2. The molecule has 0 saturated heterocycles. The lowest BCUT2D eigenvalue weighted by Gasteiger charge is -2.06. The van der Waals surface area contributed by atoms with Crippen molar-refractivity contribution >= 4 is 22.2 Å². The summed E-state index contributed by atoms with van der Waals surface area (Å²) in [5.74, 6) is 0. The Labute approximate surface area is 116 Å². The summed E-state index contributed by atoms with van der Waals surface area (Å²) >= 11 is 1.70. The lowest BCUT2D eigenvalue weighted by molar-refractivity contribution is 0.730. The maximum atomic E-state index is 4.14. The number of rotatable bonds is 5. The molecule has 2 aromatic heterocycles. The van der Waals surface area contributed by atoms with Gasteiger partial charge in [-0.25, -0.2) is 0 Å². The van der Waals surface area contributed by atoms with Crippen LogP contribution in [0.1, 0.15) is 17.4 Å². The Morgan fingerprint density at radius 3 is 3.05 bits per heavy atom. The molecule has 1 N–H and O–H groups in total. The zero-order valence-electron chi connectivity index (χ0n) is 11.0. The van der Waals surface area contributed by atoms with E-state index in [1.165, 1.54) is 21.3 Å². The fraction of sp³-hybridized carbons (Fsp3) is 0.267. The van der Waals surface area contributed by atoms with Crippen LogP contribution in [0.5, 0.6) is 0 Å². The minimum Gasteiger partial charge on any atom is -0.342 e. The van der Waals surface area contributed by atoms with E-state index in [1.807, 2.05) is 11.7 Å². The van der Waals surface area contributed by atoms with Crippen LogP contribution in [0.25, 0.3) is 10.9 Å².